The van der Waals surface area contributed by atoms with Gasteiger partial charge in [0, 0.05) is 24.8 Å². The molecule has 17 nitrogen and oxygen atoms in total. The Kier molecular flexibility index (Phi) is 8.87. The lowest BCUT2D eigenvalue weighted by Gasteiger charge is -2.39. The van der Waals surface area contributed by atoms with Gasteiger partial charge in [0.2, 0.25) is 23.8 Å². The van der Waals surface area contributed by atoms with Crippen LogP contribution in [0.15, 0.2) is 39.5 Å². The van der Waals surface area contributed by atoms with Crippen molar-refractivity contribution in [2.24, 2.45) is 0 Å². The zero-order valence-electron chi connectivity index (χ0n) is 22.7. The van der Waals surface area contributed by atoms with Gasteiger partial charge in [-0.1, -0.05) is 0 Å². The summed E-state index contributed by atoms with van der Waals surface area (Å²) >= 11 is 0. The quantitative estimate of drug-likeness (QED) is 0.122. The molecule has 2 aliphatic heterocycles. The van der Waals surface area contributed by atoms with E-state index in [1.807, 2.05) is 0 Å². The van der Waals surface area contributed by atoms with E-state index in [1.165, 1.54) is 13.2 Å². The Bertz CT molecular complexity index is 1550. The summed E-state index contributed by atoms with van der Waals surface area (Å²) < 4.78 is 32.7. The number of fused-ring (bicyclic) bond motifs is 1. The standard InChI is InChI=1S/C27H30O17/c1-39-25-20(36)19(35)22(38)26(44-25)40-9-5-12(31)15-13(6-9)41-23(8-2-3-10(29)11(30)4-8)24(17(15)33)43-27-21(37)18(34)16(32)14(7-28)42-27/h2-6,14,16,18-22,25-32,34-38H,7H2,1H3. The molecule has 2 aromatic carbocycles. The lowest BCUT2D eigenvalue weighted by Crippen LogP contribution is -2.60. The largest absolute Gasteiger partial charge is 0.507 e. The molecule has 5 rings (SSSR count). The van der Waals surface area contributed by atoms with Gasteiger partial charge in [-0.15, -0.1) is 0 Å². The van der Waals surface area contributed by atoms with Gasteiger partial charge >= 0.3 is 0 Å². The summed E-state index contributed by atoms with van der Waals surface area (Å²) in [4.78, 5) is 13.7. The van der Waals surface area contributed by atoms with Gasteiger partial charge in [0.25, 0.3) is 0 Å². The summed E-state index contributed by atoms with van der Waals surface area (Å²) in [7, 11) is 1.18. The van der Waals surface area contributed by atoms with E-state index in [9.17, 15) is 55.9 Å². The third-order valence-corrected chi connectivity index (χ3v) is 7.24. The lowest BCUT2D eigenvalue weighted by atomic mass is 9.99. The predicted molar refractivity (Wildman–Crippen MR) is 142 cm³/mol. The van der Waals surface area contributed by atoms with Crippen molar-refractivity contribution >= 4 is 11.0 Å². The van der Waals surface area contributed by atoms with E-state index >= 15 is 0 Å². The van der Waals surface area contributed by atoms with E-state index in [4.69, 9.17) is 28.1 Å². The third kappa shape index (κ3) is 5.61. The number of aliphatic hydroxyl groups is 7. The van der Waals surface area contributed by atoms with Gasteiger partial charge in [0.05, 0.1) is 6.61 Å². The highest BCUT2D eigenvalue weighted by atomic mass is 16.8. The minimum atomic E-state index is -1.93. The summed E-state index contributed by atoms with van der Waals surface area (Å²) in [5.74, 6) is -3.27. The van der Waals surface area contributed by atoms with Crippen LogP contribution in [0.25, 0.3) is 22.3 Å². The number of rotatable bonds is 7. The highest BCUT2D eigenvalue weighted by Gasteiger charge is 2.46. The van der Waals surface area contributed by atoms with E-state index in [0.717, 1.165) is 24.3 Å². The fraction of sp³-hybridized carbons (Fsp3) is 0.444. The predicted octanol–water partition coefficient (Wildman–Crippen LogP) is -2.45. The number of aliphatic hydroxyl groups excluding tert-OH is 7. The van der Waals surface area contributed by atoms with Crippen LogP contribution >= 0.6 is 0 Å². The number of methoxy groups -OCH3 is 1. The second kappa shape index (κ2) is 12.3. The topological polar surface area (TPSA) is 279 Å². The second-order valence-corrected chi connectivity index (χ2v) is 10.1. The number of aromatic hydroxyl groups is 3. The molecule has 44 heavy (non-hydrogen) atoms. The molecule has 10 unspecified atom stereocenters. The lowest BCUT2D eigenvalue weighted by molar-refractivity contribution is -0.327. The van der Waals surface area contributed by atoms with Crippen LogP contribution in [0, 0.1) is 0 Å². The van der Waals surface area contributed by atoms with Crippen molar-refractivity contribution in [1.82, 2.24) is 0 Å². The SMILES string of the molecule is COC1OC(Oc2cc(O)c3c(=O)c(OC4OC(CO)C(O)C(O)C4O)c(-c4ccc(O)c(O)c4)oc3c2)C(O)C(O)C1O. The number of hydrogen-bond donors (Lipinski definition) is 10. The molecule has 0 saturated carbocycles. The minimum Gasteiger partial charge on any atom is -0.507 e. The molecular formula is C27H30O17. The molecule has 0 radical (unpaired) electrons. The number of benzene rings is 2. The Hall–Kier alpha value is -3.75. The van der Waals surface area contributed by atoms with Gasteiger partial charge in [-0.05, 0) is 18.2 Å². The monoisotopic (exact) mass is 626 g/mol. The van der Waals surface area contributed by atoms with E-state index in [0.29, 0.717) is 0 Å². The molecule has 240 valence electrons. The van der Waals surface area contributed by atoms with Crippen molar-refractivity contribution < 1.29 is 79.2 Å². The van der Waals surface area contributed by atoms with Crippen molar-refractivity contribution in [2.75, 3.05) is 13.7 Å². The van der Waals surface area contributed by atoms with Crippen molar-refractivity contribution in [3.05, 3.63) is 40.6 Å². The molecule has 3 aromatic rings. The highest BCUT2D eigenvalue weighted by Crippen LogP contribution is 2.40. The maximum atomic E-state index is 13.7. The van der Waals surface area contributed by atoms with Crippen LogP contribution in [0.2, 0.25) is 0 Å². The van der Waals surface area contributed by atoms with E-state index in [2.05, 4.69) is 0 Å². The van der Waals surface area contributed by atoms with Crippen LogP contribution in [0.4, 0.5) is 0 Å². The first-order valence-electron chi connectivity index (χ1n) is 13.1. The Morgan fingerprint density at radius 1 is 0.727 bits per heavy atom. The molecule has 2 saturated heterocycles. The average Bonchev–Trinajstić information content (AvgIpc) is 2.99. The van der Waals surface area contributed by atoms with Crippen LogP contribution < -0.4 is 14.9 Å². The number of hydrogen-bond acceptors (Lipinski definition) is 17. The summed E-state index contributed by atoms with van der Waals surface area (Å²) in [6.45, 7) is -0.792. The summed E-state index contributed by atoms with van der Waals surface area (Å²) in [6.07, 6.45) is -16.9. The molecule has 2 aliphatic rings. The van der Waals surface area contributed by atoms with Gasteiger partial charge < -0.3 is 79.2 Å². The maximum Gasteiger partial charge on any atom is 0.239 e. The molecule has 0 aliphatic carbocycles. The summed E-state index contributed by atoms with van der Waals surface area (Å²) in [5.41, 5.74) is -1.46. The Balaban J connectivity index is 1.60. The minimum absolute atomic E-state index is 0.0595. The van der Waals surface area contributed by atoms with Crippen molar-refractivity contribution in [2.45, 2.75) is 61.6 Å². The van der Waals surface area contributed by atoms with Crippen LogP contribution in [0.3, 0.4) is 0 Å². The number of phenolic OH excluding ortho intramolecular Hbond substituents is 3. The Morgan fingerprint density at radius 2 is 1.36 bits per heavy atom. The molecule has 0 spiro atoms. The fourth-order valence-corrected chi connectivity index (χ4v) is 4.81. The molecule has 17 heteroatoms. The van der Waals surface area contributed by atoms with Gasteiger partial charge in [-0.2, -0.15) is 0 Å². The van der Waals surface area contributed by atoms with Crippen LogP contribution in [-0.2, 0) is 14.2 Å². The summed E-state index contributed by atoms with van der Waals surface area (Å²) in [6, 6.07) is 5.34. The van der Waals surface area contributed by atoms with Crippen molar-refractivity contribution in [1.29, 1.82) is 0 Å². The van der Waals surface area contributed by atoms with Crippen LogP contribution in [-0.4, -0.2) is 126 Å². The number of phenols is 3. The van der Waals surface area contributed by atoms with E-state index < -0.39 is 108 Å². The number of ether oxygens (including phenoxy) is 5. The maximum absolute atomic E-state index is 13.7. The van der Waals surface area contributed by atoms with Gasteiger partial charge in [0.1, 0.15) is 65.2 Å². The van der Waals surface area contributed by atoms with Gasteiger partial charge in [0.15, 0.2) is 23.5 Å². The zero-order chi connectivity index (χ0) is 32.0. The fourth-order valence-electron chi connectivity index (χ4n) is 4.81. The Morgan fingerprint density at radius 3 is 2.00 bits per heavy atom. The molecular weight excluding hydrogens is 596 g/mol. The van der Waals surface area contributed by atoms with Gasteiger partial charge in [-0.3, -0.25) is 4.79 Å². The molecule has 0 amide bonds. The molecule has 1 aromatic heterocycles. The normalized spacial score (nSPS) is 32.5. The average molecular weight is 627 g/mol. The first-order valence-corrected chi connectivity index (χ1v) is 13.1. The first kappa shape index (κ1) is 31.7. The Labute approximate surface area is 246 Å². The second-order valence-electron chi connectivity index (χ2n) is 10.1. The molecule has 2 fully saturated rings. The van der Waals surface area contributed by atoms with Crippen LogP contribution in [0.1, 0.15) is 0 Å². The van der Waals surface area contributed by atoms with Crippen molar-refractivity contribution in [3.63, 3.8) is 0 Å². The molecule has 0 bridgehead atoms. The molecule has 10 atom stereocenters. The first-order chi connectivity index (χ1) is 20.9. The summed E-state index contributed by atoms with van der Waals surface area (Å²) in [5, 5.41) is 101. The smallest absolute Gasteiger partial charge is 0.239 e. The van der Waals surface area contributed by atoms with Crippen LogP contribution in [0.5, 0.6) is 28.7 Å². The highest BCUT2D eigenvalue weighted by molar-refractivity contribution is 5.88. The molecule has 10 N–H and O–H groups in total. The van der Waals surface area contributed by atoms with E-state index in [-0.39, 0.29) is 16.9 Å². The molecule has 3 heterocycles. The van der Waals surface area contributed by atoms with Gasteiger partial charge in [-0.25, -0.2) is 0 Å². The van der Waals surface area contributed by atoms with E-state index in [1.54, 1.807) is 0 Å². The zero-order valence-corrected chi connectivity index (χ0v) is 22.7. The third-order valence-electron chi connectivity index (χ3n) is 7.24. The van der Waals surface area contributed by atoms with Crippen molar-refractivity contribution in [3.8, 4) is 40.1 Å².